The standard InChI is InChI=1S/C8H17O4Si/c1-5-6-11-8(7(2)12-8)13(9-3)10-4/h7H,5-6H2,1-4H3. The number of hydrogen-bond donors (Lipinski definition) is 0. The second-order valence-electron chi connectivity index (χ2n) is 2.97. The van der Waals surface area contributed by atoms with E-state index in [4.69, 9.17) is 18.3 Å². The maximum atomic E-state index is 5.62. The van der Waals surface area contributed by atoms with Gasteiger partial charge in [-0.05, 0) is 13.3 Å². The average Bonchev–Trinajstić information content (AvgIpc) is 2.77. The van der Waals surface area contributed by atoms with Crippen LogP contribution >= 0.6 is 0 Å². The van der Waals surface area contributed by atoms with Gasteiger partial charge in [-0.1, -0.05) is 6.92 Å². The van der Waals surface area contributed by atoms with Crippen molar-refractivity contribution >= 4 is 9.28 Å². The Morgan fingerprint density at radius 2 is 1.92 bits per heavy atom. The Hall–Kier alpha value is 0.0569. The number of epoxide rings is 1. The Morgan fingerprint density at radius 3 is 2.23 bits per heavy atom. The van der Waals surface area contributed by atoms with E-state index in [9.17, 15) is 0 Å². The highest BCUT2D eigenvalue weighted by atomic mass is 28.3. The van der Waals surface area contributed by atoms with Crippen LogP contribution in [0.1, 0.15) is 20.3 Å². The number of rotatable bonds is 6. The predicted octanol–water partition coefficient (Wildman–Crippen LogP) is 0.848. The minimum atomic E-state index is -1.45. The molecule has 0 aromatic carbocycles. The fraction of sp³-hybridized carbons (Fsp3) is 1.00. The van der Waals surface area contributed by atoms with Crippen LogP contribution in [0.3, 0.4) is 0 Å². The molecule has 0 aromatic rings. The lowest BCUT2D eigenvalue weighted by Crippen LogP contribution is -2.42. The lowest BCUT2D eigenvalue weighted by Gasteiger charge is -2.18. The molecule has 4 nitrogen and oxygen atoms in total. The number of hydrogen-bond acceptors (Lipinski definition) is 4. The molecule has 1 rings (SSSR count). The molecule has 0 N–H and O–H groups in total. The van der Waals surface area contributed by atoms with Gasteiger partial charge in [-0.25, -0.2) is 0 Å². The Labute approximate surface area is 81.0 Å². The van der Waals surface area contributed by atoms with Crippen molar-refractivity contribution in [1.29, 1.82) is 0 Å². The minimum absolute atomic E-state index is 0.0906. The highest BCUT2D eigenvalue weighted by Crippen LogP contribution is 2.40. The molecule has 1 saturated heterocycles. The van der Waals surface area contributed by atoms with Crippen molar-refractivity contribution in [3.63, 3.8) is 0 Å². The molecule has 77 valence electrons. The van der Waals surface area contributed by atoms with Crippen molar-refractivity contribution in [1.82, 2.24) is 0 Å². The Kier molecular flexibility index (Phi) is 3.87. The summed E-state index contributed by atoms with van der Waals surface area (Å²) in [6.45, 7) is 4.72. The molecular formula is C8H17O4Si. The Balaban J connectivity index is 2.49. The summed E-state index contributed by atoms with van der Waals surface area (Å²) in [6.07, 6.45) is 1.06. The van der Waals surface area contributed by atoms with Gasteiger partial charge in [0, 0.05) is 20.8 Å². The highest BCUT2D eigenvalue weighted by molar-refractivity contribution is 6.48. The maximum Gasteiger partial charge on any atom is 0.453 e. The molecule has 0 saturated carbocycles. The molecular weight excluding hydrogens is 188 g/mol. The van der Waals surface area contributed by atoms with Crippen LogP contribution in [-0.4, -0.2) is 41.6 Å². The van der Waals surface area contributed by atoms with Gasteiger partial charge in [0.15, 0.2) is 0 Å². The van der Waals surface area contributed by atoms with Crippen LogP contribution in [0.5, 0.6) is 0 Å². The molecule has 1 fully saturated rings. The summed E-state index contributed by atoms with van der Waals surface area (Å²) < 4.78 is 21.5. The summed E-state index contributed by atoms with van der Waals surface area (Å²) in [5.41, 5.74) is -0.565. The van der Waals surface area contributed by atoms with E-state index in [1.54, 1.807) is 14.2 Å². The molecule has 1 heterocycles. The third-order valence-electron chi connectivity index (χ3n) is 2.01. The van der Waals surface area contributed by atoms with Gasteiger partial charge in [-0.15, -0.1) is 0 Å². The molecule has 13 heavy (non-hydrogen) atoms. The molecule has 0 spiro atoms. The van der Waals surface area contributed by atoms with Gasteiger partial charge in [-0.3, -0.25) is 0 Å². The van der Waals surface area contributed by atoms with E-state index in [1.165, 1.54) is 0 Å². The van der Waals surface area contributed by atoms with Crippen LogP contribution in [0.15, 0.2) is 0 Å². The fourth-order valence-corrected chi connectivity index (χ4v) is 2.84. The molecule has 0 amide bonds. The normalized spacial score (nSPS) is 32.5. The van der Waals surface area contributed by atoms with Crippen molar-refractivity contribution < 1.29 is 18.3 Å². The quantitative estimate of drug-likeness (QED) is 0.476. The Morgan fingerprint density at radius 1 is 1.38 bits per heavy atom. The van der Waals surface area contributed by atoms with Crippen molar-refractivity contribution in [2.75, 3.05) is 20.8 Å². The first-order chi connectivity index (χ1) is 6.21. The summed E-state index contributed by atoms with van der Waals surface area (Å²) in [4.78, 5) is 0. The van der Waals surface area contributed by atoms with Gasteiger partial charge in [0.25, 0.3) is 0 Å². The zero-order chi connectivity index (χ0) is 9.90. The molecule has 5 heteroatoms. The SMILES string of the molecule is CCCOC1([Si](OC)OC)OC1C. The van der Waals surface area contributed by atoms with Crippen LogP contribution in [0.2, 0.25) is 0 Å². The average molecular weight is 205 g/mol. The van der Waals surface area contributed by atoms with E-state index in [2.05, 4.69) is 6.92 Å². The number of ether oxygens (including phenoxy) is 2. The third-order valence-corrected chi connectivity index (χ3v) is 3.99. The van der Waals surface area contributed by atoms with E-state index < -0.39 is 14.7 Å². The fourth-order valence-electron chi connectivity index (χ4n) is 1.27. The first-order valence-corrected chi connectivity index (χ1v) is 5.80. The lowest BCUT2D eigenvalue weighted by atomic mass is 10.5. The third kappa shape index (κ3) is 2.11. The van der Waals surface area contributed by atoms with Crippen molar-refractivity contribution in [3.8, 4) is 0 Å². The summed E-state index contributed by atoms with van der Waals surface area (Å²) >= 11 is 0. The second kappa shape index (κ2) is 4.52. The second-order valence-corrected chi connectivity index (χ2v) is 5.06. The monoisotopic (exact) mass is 205 g/mol. The van der Waals surface area contributed by atoms with E-state index in [0.717, 1.165) is 6.42 Å². The van der Waals surface area contributed by atoms with Gasteiger partial charge in [0.2, 0.25) is 5.41 Å². The molecule has 1 aliphatic rings. The van der Waals surface area contributed by atoms with Crippen LogP contribution < -0.4 is 0 Å². The van der Waals surface area contributed by atoms with Crippen molar-refractivity contribution in [3.05, 3.63) is 0 Å². The van der Waals surface area contributed by atoms with Crippen molar-refractivity contribution in [2.45, 2.75) is 31.8 Å². The van der Waals surface area contributed by atoms with Crippen LogP contribution in [-0.2, 0) is 18.3 Å². The van der Waals surface area contributed by atoms with E-state index >= 15 is 0 Å². The zero-order valence-corrected chi connectivity index (χ0v) is 9.62. The predicted molar refractivity (Wildman–Crippen MR) is 49.3 cm³/mol. The van der Waals surface area contributed by atoms with Gasteiger partial charge in [0.05, 0.1) is 0 Å². The summed E-state index contributed by atoms with van der Waals surface area (Å²) in [6, 6.07) is 0. The first-order valence-electron chi connectivity index (χ1n) is 4.48. The first kappa shape index (κ1) is 11.1. The Bertz CT molecular complexity index is 162. The topological polar surface area (TPSA) is 40.2 Å². The van der Waals surface area contributed by atoms with E-state index in [1.807, 2.05) is 6.92 Å². The summed E-state index contributed by atoms with van der Waals surface area (Å²) in [7, 11) is 1.80. The van der Waals surface area contributed by atoms with E-state index in [0.29, 0.717) is 6.61 Å². The maximum absolute atomic E-state index is 5.62. The van der Waals surface area contributed by atoms with E-state index in [-0.39, 0.29) is 6.10 Å². The summed E-state index contributed by atoms with van der Waals surface area (Å²) in [5.74, 6) is 0. The molecule has 0 aromatic heterocycles. The molecule has 0 bridgehead atoms. The van der Waals surface area contributed by atoms with Crippen LogP contribution in [0.25, 0.3) is 0 Å². The van der Waals surface area contributed by atoms with Crippen LogP contribution in [0, 0.1) is 0 Å². The van der Waals surface area contributed by atoms with Gasteiger partial charge in [-0.2, -0.15) is 0 Å². The van der Waals surface area contributed by atoms with Gasteiger partial charge < -0.3 is 18.3 Å². The zero-order valence-electron chi connectivity index (χ0n) is 8.62. The molecule has 0 aliphatic carbocycles. The van der Waals surface area contributed by atoms with Crippen LogP contribution in [0.4, 0.5) is 0 Å². The highest BCUT2D eigenvalue weighted by Gasteiger charge is 2.65. The largest absolute Gasteiger partial charge is 0.453 e. The molecule has 2 atom stereocenters. The van der Waals surface area contributed by atoms with Gasteiger partial charge >= 0.3 is 9.28 Å². The van der Waals surface area contributed by atoms with Crippen molar-refractivity contribution in [2.24, 2.45) is 0 Å². The smallest absolute Gasteiger partial charge is 0.394 e. The van der Waals surface area contributed by atoms with Gasteiger partial charge in [0.1, 0.15) is 6.10 Å². The lowest BCUT2D eigenvalue weighted by molar-refractivity contribution is -0.0142. The minimum Gasteiger partial charge on any atom is -0.394 e. The molecule has 1 aliphatic heterocycles. The summed E-state index contributed by atoms with van der Waals surface area (Å²) in [5, 5.41) is 0. The molecule has 1 radical (unpaired) electrons. The molecule has 2 unspecified atom stereocenters.